The van der Waals surface area contributed by atoms with Crippen LogP contribution in [0, 0.1) is 0 Å². The van der Waals surface area contributed by atoms with Crippen LogP contribution in [0.2, 0.25) is 0 Å². The number of halogens is 3. The smallest absolute Gasteiger partial charge is 0.386 e. The van der Waals surface area contributed by atoms with Crippen LogP contribution in [0.3, 0.4) is 0 Å². The first-order valence-corrected chi connectivity index (χ1v) is 5.12. The summed E-state index contributed by atoms with van der Waals surface area (Å²) in [6.07, 6.45) is -4.51. The summed E-state index contributed by atoms with van der Waals surface area (Å²) in [5, 5.41) is 10.3. The highest BCUT2D eigenvalue weighted by molar-refractivity contribution is 5.85. The van der Waals surface area contributed by atoms with Crippen molar-refractivity contribution in [3.8, 4) is 0 Å². The van der Waals surface area contributed by atoms with E-state index in [0.717, 1.165) is 0 Å². The average Bonchev–Trinajstić information content (AvgIpc) is 2.54. The van der Waals surface area contributed by atoms with Crippen molar-refractivity contribution in [3.63, 3.8) is 0 Å². The van der Waals surface area contributed by atoms with Gasteiger partial charge < -0.3 is 10.1 Å². The molecule has 1 heterocycles. The molecule has 0 fully saturated rings. The largest absolute Gasteiger partial charge is 0.431 e. The Balaban J connectivity index is 2.84. The van der Waals surface area contributed by atoms with Crippen molar-refractivity contribution in [2.75, 3.05) is 0 Å². The zero-order valence-corrected chi connectivity index (χ0v) is 9.39. The maximum absolute atomic E-state index is 12.9. The molecule has 0 unspecified atom stereocenters. The second-order valence-corrected chi connectivity index (χ2v) is 4.48. The first-order valence-electron chi connectivity index (χ1n) is 5.12. The van der Waals surface area contributed by atoms with Gasteiger partial charge in [-0.1, -0.05) is 18.2 Å². The summed E-state index contributed by atoms with van der Waals surface area (Å²) in [5.74, 6) is 0. The van der Waals surface area contributed by atoms with Crippen molar-refractivity contribution in [3.05, 3.63) is 35.5 Å². The minimum atomic E-state index is -4.51. The number of para-hydroxylation sites is 1. The molecular formula is C12H12F3NO. The summed E-state index contributed by atoms with van der Waals surface area (Å²) in [6.45, 7) is 2.69. The lowest BCUT2D eigenvalue weighted by Gasteiger charge is -2.20. The second-order valence-electron chi connectivity index (χ2n) is 4.48. The van der Waals surface area contributed by atoms with E-state index in [9.17, 15) is 18.3 Å². The number of benzene rings is 1. The lowest BCUT2D eigenvalue weighted by molar-refractivity contribution is -0.143. The lowest BCUT2D eigenvalue weighted by atomic mass is 9.95. The van der Waals surface area contributed by atoms with E-state index in [1.807, 2.05) is 0 Å². The van der Waals surface area contributed by atoms with Crippen LogP contribution in [0.25, 0.3) is 10.9 Å². The number of aliphatic hydroxyl groups is 1. The number of nitrogens with one attached hydrogen (secondary N) is 1. The van der Waals surface area contributed by atoms with Gasteiger partial charge in [0.1, 0.15) is 5.69 Å². The van der Waals surface area contributed by atoms with Crippen LogP contribution < -0.4 is 0 Å². The number of hydrogen-bond acceptors (Lipinski definition) is 1. The fourth-order valence-corrected chi connectivity index (χ4v) is 1.99. The molecule has 5 heteroatoms. The van der Waals surface area contributed by atoms with Crippen LogP contribution in [-0.2, 0) is 11.8 Å². The lowest BCUT2D eigenvalue weighted by Crippen LogP contribution is -2.21. The molecule has 92 valence electrons. The molecule has 0 atom stereocenters. The molecule has 0 radical (unpaired) electrons. The zero-order valence-electron chi connectivity index (χ0n) is 9.39. The molecule has 0 amide bonds. The number of alkyl halides is 3. The summed E-state index contributed by atoms with van der Waals surface area (Å²) >= 11 is 0. The molecule has 0 aliphatic heterocycles. The van der Waals surface area contributed by atoms with E-state index in [0.29, 0.717) is 10.9 Å². The third-order valence-corrected chi connectivity index (χ3v) is 2.60. The van der Waals surface area contributed by atoms with Gasteiger partial charge in [0.25, 0.3) is 0 Å². The van der Waals surface area contributed by atoms with Gasteiger partial charge >= 0.3 is 6.18 Å². The van der Waals surface area contributed by atoms with Gasteiger partial charge in [0.15, 0.2) is 0 Å². The minimum absolute atomic E-state index is 0.111. The van der Waals surface area contributed by atoms with E-state index >= 15 is 0 Å². The van der Waals surface area contributed by atoms with Gasteiger partial charge in [-0.15, -0.1) is 0 Å². The molecule has 2 rings (SSSR count). The van der Waals surface area contributed by atoms with Crippen molar-refractivity contribution < 1.29 is 18.3 Å². The van der Waals surface area contributed by atoms with Crippen LogP contribution in [0.15, 0.2) is 24.3 Å². The summed E-state index contributed by atoms with van der Waals surface area (Å²) in [6, 6.07) is 6.41. The highest BCUT2D eigenvalue weighted by Crippen LogP contribution is 2.40. The summed E-state index contributed by atoms with van der Waals surface area (Å²) < 4.78 is 38.6. The zero-order chi connectivity index (χ0) is 12.8. The van der Waals surface area contributed by atoms with Gasteiger partial charge in [0.05, 0.1) is 5.60 Å². The van der Waals surface area contributed by atoms with Crippen LogP contribution in [0.1, 0.15) is 25.1 Å². The predicted molar refractivity (Wildman–Crippen MR) is 58.5 cm³/mol. The number of hydrogen-bond donors (Lipinski definition) is 2. The van der Waals surface area contributed by atoms with Crippen LogP contribution >= 0.6 is 0 Å². The number of rotatable bonds is 1. The average molecular weight is 243 g/mol. The molecule has 2 N–H and O–H groups in total. The Morgan fingerprint density at radius 1 is 1.12 bits per heavy atom. The van der Waals surface area contributed by atoms with Crippen molar-refractivity contribution >= 4 is 10.9 Å². The Morgan fingerprint density at radius 3 is 2.24 bits per heavy atom. The van der Waals surface area contributed by atoms with Crippen LogP contribution in [0.5, 0.6) is 0 Å². The molecule has 0 aliphatic carbocycles. The van der Waals surface area contributed by atoms with Crippen LogP contribution in [0.4, 0.5) is 13.2 Å². The highest BCUT2D eigenvalue weighted by Gasteiger charge is 2.40. The number of aromatic nitrogens is 1. The van der Waals surface area contributed by atoms with Crippen LogP contribution in [-0.4, -0.2) is 10.1 Å². The summed E-state index contributed by atoms with van der Waals surface area (Å²) in [5.41, 5.74) is -2.17. The monoisotopic (exact) mass is 243 g/mol. The van der Waals surface area contributed by atoms with E-state index < -0.39 is 17.5 Å². The van der Waals surface area contributed by atoms with Crippen molar-refractivity contribution in [1.29, 1.82) is 0 Å². The SMILES string of the molecule is CC(C)(O)c1c(C(F)(F)F)[nH]c2ccccc12. The first kappa shape index (κ1) is 12.0. The highest BCUT2D eigenvalue weighted by atomic mass is 19.4. The van der Waals surface area contributed by atoms with Gasteiger partial charge in [-0.25, -0.2) is 0 Å². The Hall–Kier alpha value is -1.49. The fraction of sp³-hybridized carbons (Fsp3) is 0.333. The molecule has 2 aromatic rings. The summed E-state index contributed by atoms with van der Waals surface area (Å²) in [4.78, 5) is 2.33. The number of H-pyrrole nitrogens is 1. The van der Waals surface area contributed by atoms with E-state index in [1.165, 1.54) is 13.8 Å². The standard InChI is InChI=1S/C12H12F3NO/c1-11(2,17)9-7-5-3-4-6-8(7)16-10(9)12(13,14)15/h3-6,16-17H,1-2H3. The molecular weight excluding hydrogens is 231 g/mol. The molecule has 0 saturated carbocycles. The maximum Gasteiger partial charge on any atom is 0.431 e. The number of fused-ring (bicyclic) bond motifs is 1. The van der Waals surface area contributed by atoms with Gasteiger partial charge in [-0.3, -0.25) is 0 Å². The van der Waals surface area contributed by atoms with Gasteiger partial charge in [-0.2, -0.15) is 13.2 Å². The van der Waals surface area contributed by atoms with Crippen molar-refractivity contribution in [2.45, 2.75) is 25.6 Å². The molecule has 1 aromatic heterocycles. The van der Waals surface area contributed by atoms with Gasteiger partial charge in [0.2, 0.25) is 0 Å². The molecule has 17 heavy (non-hydrogen) atoms. The Bertz CT molecular complexity index is 549. The molecule has 2 nitrogen and oxygen atoms in total. The fourth-order valence-electron chi connectivity index (χ4n) is 1.99. The molecule has 0 bridgehead atoms. The van der Waals surface area contributed by atoms with Gasteiger partial charge in [-0.05, 0) is 19.9 Å². The summed E-state index contributed by atoms with van der Waals surface area (Å²) in [7, 11) is 0. The van der Waals surface area contributed by atoms with Crippen molar-refractivity contribution in [2.24, 2.45) is 0 Å². The third kappa shape index (κ3) is 2.02. The van der Waals surface area contributed by atoms with E-state index in [2.05, 4.69) is 4.98 Å². The van der Waals surface area contributed by atoms with Crippen molar-refractivity contribution in [1.82, 2.24) is 4.98 Å². The minimum Gasteiger partial charge on any atom is -0.386 e. The normalized spacial score (nSPS) is 13.3. The van der Waals surface area contributed by atoms with Gasteiger partial charge in [0, 0.05) is 16.5 Å². The molecule has 0 spiro atoms. The number of aromatic amines is 1. The third-order valence-electron chi connectivity index (χ3n) is 2.60. The first-order chi connectivity index (χ1) is 7.71. The quantitative estimate of drug-likeness (QED) is 0.791. The Kier molecular flexibility index (Phi) is 2.47. The van der Waals surface area contributed by atoms with E-state index in [1.54, 1.807) is 24.3 Å². The van der Waals surface area contributed by atoms with E-state index in [4.69, 9.17) is 0 Å². The Labute approximate surface area is 96.1 Å². The molecule has 1 aromatic carbocycles. The maximum atomic E-state index is 12.9. The second kappa shape index (κ2) is 3.50. The van der Waals surface area contributed by atoms with E-state index in [-0.39, 0.29) is 5.56 Å². The predicted octanol–water partition coefficient (Wildman–Crippen LogP) is 3.41. The molecule has 0 aliphatic rings. The topological polar surface area (TPSA) is 36.0 Å². The Morgan fingerprint density at radius 2 is 1.71 bits per heavy atom. The molecule has 0 saturated heterocycles.